The zero-order valence-electron chi connectivity index (χ0n) is 8.74. The minimum Gasteiger partial charge on any atom is -0.339 e. The lowest BCUT2D eigenvalue weighted by atomic mass is 10.1. The molecule has 0 bridgehead atoms. The average molecular weight is 247 g/mol. The number of fused-ring (bicyclic) bond motifs is 1. The topological polar surface area (TPSA) is 28.7 Å². The molecule has 3 rings (SSSR count). The summed E-state index contributed by atoms with van der Waals surface area (Å²) in [6.07, 6.45) is 1.65. The number of hydrogen-bond acceptors (Lipinski definition) is 1. The third kappa shape index (κ3) is 1.78. The zero-order chi connectivity index (χ0) is 11.8. The summed E-state index contributed by atoms with van der Waals surface area (Å²) in [4.78, 5) is 7.35. The summed E-state index contributed by atoms with van der Waals surface area (Å²) >= 11 is 6.06. The van der Waals surface area contributed by atoms with Gasteiger partial charge in [0.1, 0.15) is 11.5 Å². The highest BCUT2D eigenvalue weighted by atomic mass is 35.5. The summed E-state index contributed by atoms with van der Waals surface area (Å²) < 4.78 is 12.8. The number of nitrogens with zero attached hydrogens (tertiary/aromatic N) is 1. The van der Waals surface area contributed by atoms with E-state index >= 15 is 0 Å². The summed E-state index contributed by atoms with van der Waals surface area (Å²) in [6.45, 7) is 0. The van der Waals surface area contributed by atoms with Gasteiger partial charge < -0.3 is 4.98 Å². The highest BCUT2D eigenvalue weighted by Gasteiger charge is 2.06. The molecular weight excluding hydrogens is 239 g/mol. The summed E-state index contributed by atoms with van der Waals surface area (Å²) in [5.41, 5.74) is 2.51. The predicted molar refractivity (Wildman–Crippen MR) is 66.5 cm³/mol. The molecule has 0 aliphatic rings. The smallest absolute Gasteiger partial charge is 0.139 e. The Morgan fingerprint density at radius 3 is 2.59 bits per heavy atom. The van der Waals surface area contributed by atoms with Crippen LogP contribution in [0.3, 0.4) is 0 Å². The molecule has 0 radical (unpaired) electrons. The molecule has 0 aliphatic heterocycles. The molecule has 0 spiro atoms. The molecule has 0 amide bonds. The first-order valence-electron chi connectivity index (χ1n) is 5.13. The second-order valence-electron chi connectivity index (χ2n) is 3.74. The number of pyridine rings is 1. The molecule has 0 unspecified atom stereocenters. The van der Waals surface area contributed by atoms with E-state index in [1.165, 1.54) is 12.1 Å². The fraction of sp³-hybridized carbons (Fsp3) is 0. The maximum atomic E-state index is 12.8. The molecule has 84 valence electrons. The third-order valence-electron chi connectivity index (χ3n) is 2.63. The average Bonchev–Trinajstić information content (AvgIpc) is 2.75. The lowest BCUT2D eigenvalue weighted by molar-refractivity contribution is 0.628. The number of halogens is 2. The van der Waals surface area contributed by atoms with Crippen LogP contribution in [0, 0.1) is 5.82 Å². The first-order valence-corrected chi connectivity index (χ1v) is 5.51. The number of nitrogens with one attached hydrogen (secondary N) is 1. The summed E-state index contributed by atoms with van der Waals surface area (Å²) in [5, 5.41) is 1.52. The van der Waals surface area contributed by atoms with Crippen LogP contribution in [0.5, 0.6) is 0 Å². The Labute approximate surface area is 102 Å². The number of H-pyrrole nitrogens is 1. The van der Waals surface area contributed by atoms with E-state index in [-0.39, 0.29) is 5.82 Å². The minimum absolute atomic E-state index is 0.249. The van der Waals surface area contributed by atoms with Crippen LogP contribution < -0.4 is 0 Å². The van der Waals surface area contributed by atoms with E-state index in [9.17, 15) is 4.39 Å². The lowest BCUT2D eigenvalue weighted by Crippen LogP contribution is -1.78. The number of aromatic nitrogens is 2. The molecule has 0 atom stereocenters. The molecule has 0 fully saturated rings. The van der Waals surface area contributed by atoms with Gasteiger partial charge in [0.15, 0.2) is 0 Å². The van der Waals surface area contributed by atoms with Crippen LogP contribution in [0.25, 0.3) is 22.3 Å². The van der Waals surface area contributed by atoms with Gasteiger partial charge in [0.25, 0.3) is 0 Å². The Bertz CT molecular complexity index is 673. The van der Waals surface area contributed by atoms with Gasteiger partial charge in [0.2, 0.25) is 0 Å². The van der Waals surface area contributed by atoms with Crippen LogP contribution >= 0.6 is 11.6 Å². The molecule has 0 aliphatic carbocycles. The molecule has 1 aromatic carbocycles. The Morgan fingerprint density at radius 1 is 1.12 bits per heavy atom. The van der Waals surface area contributed by atoms with Gasteiger partial charge in [-0.3, -0.25) is 0 Å². The van der Waals surface area contributed by atoms with E-state index in [2.05, 4.69) is 9.97 Å². The van der Waals surface area contributed by atoms with Crippen molar-refractivity contribution in [1.29, 1.82) is 0 Å². The minimum atomic E-state index is -0.249. The quantitative estimate of drug-likeness (QED) is 0.690. The fourth-order valence-corrected chi connectivity index (χ4v) is 1.98. The van der Waals surface area contributed by atoms with Crippen LogP contribution in [0.1, 0.15) is 0 Å². The molecule has 4 heteroatoms. The first kappa shape index (κ1) is 10.3. The first-order chi connectivity index (χ1) is 8.24. The van der Waals surface area contributed by atoms with Crippen molar-refractivity contribution in [2.24, 2.45) is 0 Å². The van der Waals surface area contributed by atoms with Crippen molar-refractivity contribution in [1.82, 2.24) is 9.97 Å². The van der Waals surface area contributed by atoms with Crippen LogP contribution in [-0.2, 0) is 0 Å². The summed E-state index contributed by atoms with van der Waals surface area (Å²) in [6, 6.07) is 9.94. The normalized spacial score (nSPS) is 10.9. The summed E-state index contributed by atoms with van der Waals surface area (Å²) in [5.74, 6) is -0.249. The van der Waals surface area contributed by atoms with Crippen LogP contribution in [0.4, 0.5) is 4.39 Å². The summed E-state index contributed by atoms with van der Waals surface area (Å²) in [7, 11) is 0. The number of rotatable bonds is 1. The number of benzene rings is 1. The standard InChI is InChI=1S/C13H8ClFN2/c14-11-5-6-16-13-10(11)7-12(17-13)8-1-3-9(15)4-2-8/h1-7H,(H,16,17). The lowest BCUT2D eigenvalue weighted by Gasteiger charge is -1.96. The van der Waals surface area contributed by atoms with Crippen molar-refractivity contribution in [2.45, 2.75) is 0 Å². The molecule has 0 saturated carbocycles. The highest BCUT2D eigenvalue weighted by Crippen LogP contribution is 2.27. The van der Waals surface area contributed by atoms with Crippen LogP contribution in [-0.4, -0.2) is 9.97 Å². The molecule has 0 saturated heterocycles. The van der Waals surface area contributed by atoms with E-state index in [4.69, 9.17) is 11.6 Å². The molecule has 1 N–H and O–H groups in total. The molecular formula is C13H8ClFN2. The van der Waals surface area contributed by atoms with Gasteiger partial charge >= 0.3 is 0 Å². The van der Waals surface area contributed by atoms with Crippen molar-refractivity contribution in [2.75, 3.05) is 0 Å². The van der Waals surface area contributed by atoms with E-state index in [1.54, 1.807) is 24.4 Å². The van der Waals surface area contributed by atoms with Crippen molar-refractivity contribution in [3.8, 4) is 11.3 Å². The van der Waals surface area contributed by atoms with Gasteiger partial charge in [0, 0.05) is 17.3 Å². The molecule has 2 aromatic heterocycles. The third-order valence-corrected chi connectivity index (χ3v) is 2.96. The maximum Gasteiger partial charge on any atom is 0.139 e. The van der Waals surface area contributed by atoms with Crippen molar-refractivity contribution < 1.29 is 4.39 Å². The van der Waals surface area contributed by atoms with Crippen LogP contribution in [0.2, 0.25) is 5.02 Å². The second-order valence-corrected chi connectivity index (χ2v) is 4.15. The predicted octanol–water partition coefficient (Wildman–Crippen LogP) is 4.02. The fourth-order valence-electron chi connectivity index (χ4n) is 1.78. The SMILES string of the molecule is Fc1ccc(-c2cc3c(Cl)ccnc3[nH]2)cc1. The maximum absolute atomic E-state index is 12.8. The Morgan fingerprint density at radius 2 is 1.88 bits per heavy atom. The van der Waals surface area contributed by atoms with Gasteiger partial charge in [-0.15, -0.1) is 0 Å². The monoisotopic (exact) mass is 246 g/mol. The van der Waals surface area contributed by atoms with Gasteiger partial charge in [-0.1, -0.05) is 11.6 Å². The van der Waals surface area contributed by atoms with Gasteiger partial charge in [-0.05, 0) is 42.0 Å². The van der Waals surface area contributed by atoms with E-state index in [0.717, 1.165) is 22.3 Å². The van der Waals surface area contributed by atoms with Crippen LogP contribution in [0.15, 0.2) is 42.6 Å². The van der Waals surface area contributed by atoms with Crippen molar-refractivity contribution in [3.05, 3.63) is 53.4 Å². The Balaban J connectivity index is 2.18. The largest absolute Gasteiger partial charge is 0.339 e. The van der Waals surface area contributed by atoms with Gasteiger partial charge in [0.05, 0.1) is 5.02 Å². The zero-order valence-corrected chi connectivity index (χ0v) is 9.50. The Hall–Kier alpha value is -1.87. The van der Waals surface area contributed by atoms with Crippen molar-refractivity contribution in [3.63, 3.8) is 0 Å². The Kier molecular flexibility index (Phi) is 2.34. The number of aromatic amines is 1. The van der Waals surface area contributed by atoms with Gasteiger partial charge in [-0.25, -0.2) is 9.37 Å². The second kappa shape index (κ2) is 3.86. The molecule has 2 heterocycles. The van der Waals surface area contributed by atoms with E-state index in [1.807, 2.05) is 6.07 Å². The van der Waals surface area contributed by atoms with Gasteiger partial charge in [-0.2, -0.15) is 0 Å². The number of hydrogen-bond donors (Lipinski definition) is 1. The molecule has 3 aromatic rings. The van der Waals surface area contributed by atoms with E-state index < -0.39 is 0 Å². The molecule has 17 heavy (non-hydrogen) atoms. The van der Waals surface area contributed by atoms with Crippen molar-refractivity contribution >= 4 is 22.6 Å². The molecule has 2 nitrogen and oxygen atoms in total. The highest BCUT2D eigenvalue weighted by molar-refractivity contribution is 6.35. The van der Waals surface area contributed by atoms with E-state index in [0.29, 0.717) is 5.02 Å².